The Hall–Kier alpha value is -0.414. The van der Waals surface area contributed by atoms with E-state index in [1.165, 1.54) is 0 Å². The molecule has 0 unspecified atom stereocenters. The van der Waals surface area contributed by atoms with Gasteiger partial charge in [0.05, 0.1) is 10.4 Å². The van der Waals surface area contributed by atoms with Crippen LogP contribution in [0, 0.1) is 0 Å². The van der Waals surface area contributed by atoms with Gasteiger partial charge >= 0.3 is 51.4 Å². The second kappa shape index (κ2) is 5.76. The topological polar surface area (TPSA) is 43.1 Å². The number of fused-ring (bicyclic) bond motifs is 3. The van der Waals surface area contributed by atoms with Crippen molar-refractivity contribution in [2.24, 2.45) is 0 Å². The van der Waals surface area contributed by atoms with Crippen molar-refractivity contribution >= 4 is 40.5 Å². The Labute approximate surface area is 167 Å². The molecule has 0 aliphatic heterocycles. The third kappa shape index (κ3) is 2.33. The molecule has 0 spiro atoms. The minimum absolute atomic E-state index is 0. The Morgan fingerprint density at radius 2 is 1.90 bits per heavy atom. The molecule has 20 heavy (non-hydrogen) atoms. The fraction of sp³-hybridized carbons (Fsp3) is 0. The van der Waals surface area contributed by atoms with Crippen molar-refractivity contribution in [1.29, 1.82) is 0 Å². The number of rotatable bonds is 1. The summed E-state index contributed by atoms with van der Waals surface area (Å²) in [6, 6.07) is 11.8. The van der Waals surface area contributed by atoms with Gasteiger partial charge in [0.15, 0.2) is 11.5 Å². The van der Waals surface area contributed by atoms with E-state index in [0.717, 1.165) is 21.4 Å². The first-order valence-corrected chi connectivity index (χ1v) is 6.98. The van der Waals surface area contributed by atoms with Crippen molar-refractivity contribution in [3.63, 3.8) is 0 Å². The zero-order valence-corrected chi connectivity index (χ0v) is 15.4. The van der Waals surface area contributed by atoms with E-state index in [2.05, 4.69) is 15.1 Å². The number of hydrogen-bond donors (Lipinski definition) is 0. The molecule has 0 aliphatic carbocycles. The van der Waals surface area contributed by atoms with Crippen molar-refractivity contribution in [3.05, 3.63) is 41.8 Å². The van der Waals surface area contributed by atoms with Crippen LogP contribution in [0.1, 0.15) is 0 Å². The molecule has 3 aromatic heterocycles. The molecule has 0 N–H and O–H groups in total. The van der Waals surface area contributed by atoms with Crippen molar-refractivity contribution in [1.82, 2.24) is 19.6 Å². The summed E-state index contributed by atoms with van der Waals surface area (Å²) in [6.45, 7) is 0. The van der Waals surface area contributed by atoms with Gasteiger partial charge < -0.3 is 12.6 Å². The van der Waals surface area contributed by atoms with Gasteiger partial charge in [-0.3, -0.25) is 4.98 Å². The fourth-order valence-electron chi connectivity index (χ4n) is 2.04. The fourth-order valence-corrected chi connectivity index (χ4v) is 2.92. The van der Waals surface area contributed by atoms with Crippen molar-refractivity contribution < 1.29 is 51.4 Å². The zero-order chi connectivity index (χ0) is 12.8. The summed E-state index contributed by atoms with van der Waals surface area (Å²) in [6.07, 6.45) is 0. The Morgan fingerprint density at radius 3 is 2.70 bits per heavy atom. The molecule has 4 aromatic rings. The van der Waals surface area contributed by atoms with Crippen LogP contribution in [0.4, 0.5) is 0 Å². The van der Waals surface area contributed by atoms with Gasteiger partial charge in [0.25, 0.3) is 0 Å². The predicted octanol–water partition coefficient (Wildman–Crippen LogP) is -0.0842. The number of nitrogens with zero attached hydrogens (tertiary/aromatic N) is 4. The van der Waals surface area contributed by atoms with E-state index in [1.807, 2.05) is 41.8 Å². The maximum Gasteiger partial charge on any atom is 1.00 e. The normalized spacial score (nSPS) is 10.8. The molecule has 0 radical (unpaired) electrons. The van der Waals surface area contributed by atoms with Gasteiger partial charge in [-0.1, -0.05) is 18.2 Å². The summed E-state index contributed by atoms with van der Waals surface area (Å²) in [5, 5.41) is 7.86. The second-order valence-electron chi connectivity index (χ2n) is 4.06. The van der Waals surface area contributed by atoms with E-state index in [-0.39, 0.29) is 51.4 Å². The zero-order valence-electron chi connectivity index (χ0n) is 10.6. The van der Waals surface area contributed by atoms with Crippen LogP contribution in [0.5, 0.6) is 0 Å². The molecule has 7 heteroatoms. The van der Waals surface area contributed by atoms with Gasteiger partial charge in [-0.25, -0.2) is 9.50 Å². The smallest absolute Gasteiger partial charge is 0.740 e. The number of hydrogen-bond acceptors (Lipinski definition) is 5. The monoisotopic (exact) mass is 322 g/mol. The Morgan fingerprint density at radius 1 is 1.05 bits per heavy atom. The summed E-state index contributed by atoms with van der Waals surface area (Å²) in [5.74, 6) is 0.694. The predicted molar refractivity (Wildman–Crippen MR) is 77.2 cm³/mol. The van der Waals surface area contributed by atoms with Gasteiger partial charge in [-0.2, -0.15) is 0 Å². The average molecular weight is 322 g/mol. The van der Waals surface area contributed by atoms with Gasteiger partial charge in [0.2, 0.25) is 0 Å². The van der Waals surface area contributed by atoms with E-state index in [1.54, 1.807) is 15.9 Å². The molecule has 0 fully saturated rings. The van der Waals surface area contributed by atoms with Crippen molar-refractivity contribution in [2.75, 3.05) is 0 Å². The van der Waals surface area contributed by atoms with Crippen molar-refractivity contribution in [2.45, 2.75) is 5.16 Å². The molecular weight excluding hydrogens is 315 g/mol. The molecule has 0 amide bonds. The SMILES string of the molecule is [K+].[S-]c1nc2ccccc2c2nc(-c3cccs3)nn12. The number of aromatic nitrogens is 4. The van der Waals surface area contributed by atoms with Crippen LogP contribution in [0.15, 0.2) is 46.9 Å². The Balaban J connectivity index is 0.00000121. The Kier molecular flexibility index (Phi) is 4.18. The number of benzene rings is 1. The van der Waals surface area contributed by atoms with Crippen molar-refractivity contribution in [3.8, 4) is 10.7 Å². The maximum absolute atomic E-state index is 5.28. The molecule has 0 aliphatic rings. The molecule has 4 rings (SSSR count). The number of thiophene rings is 1. The van der Waals surface area contributed by atoms with Crippen LogP contribution in [0.3, 0.4) is 0 Å². The molecule has 3 heterocycles. The first-order valence-electron chi connectivity index (χ1n) is 5.69. The molecule has 0 atom stereocenters. The first kappa shape index (κ1) is 14.5. The summed E-state index contributed by atoms with van der Waals surface area (Å²) in [5.41, 5.74) is 1.61. The van der Waals surface area contributed by atoms with Gasteiger partial charge in [-0.05, 0) is 23.6 Å². The van der Waals surface area contributed by atoms with Crippen LogP contribution in [-0.2, 0) is 12.6 Å². The van der Waals surface area contributed by atoms with E-state index >= 15 is 0 Å². The van der Waals surface area contributed by atoms with E-state index in [9.17, 15) is 0 Å². The summed E-state index contributed by atoms with van der Waals surface area (Å²) in [7, 11) is 0. The minimum Gasteiger partial charge on any atom is -0.740 e. The van der Waals surface area contributed by atoms with Crippen LogP contribution in [0.25, 0.3) is 27.3 Å². The number of para-hydroxylation sites is 1. The minimum atomic E-state index is 0. The molecule has 0 saturated heterocycles. The molecule has 1 aromatic carbocycles. The Bertz CT molecular complexity index is 886. The molecule has 0 bridgehead atoms. The molecular formula is C13H7KN4S2. The van der Waals surface area contributed by atoms with Crippen LogP contribution in [-0.4, -0.2) is 19.6 Å². The van der Waals surface area contributed by atoms with Crippen LogP contribution >= 0.6 is 11.3 Å². The van der Waals surface area contributed by atoms with Gasteiger partial charge in [0, 0.05) is 10.5 Å². The quantitative estimate of drug-likeness (QED) is 0.279. The summed E-state index contributed by atoms with van der Waals surface area (Å²) < 4.78 is 1.63. The van der Waals surface area contributed by atoms with E-state index in [4.69, 9.17) is 12.6 Å². The van der Waals surface area contributed by atoms with Gasteiger partial charge in [0.1, 0.15) is 0 Å². The molecule has 0 saturated carbocycles. The maximum atomic E-state index is 5.28. The standard InChI is InChI=1S/C13H8N4S2.K/c18-13-14-9-5-2-1-4-8(9)12-15-11(16-17(12)13)10-6-3-7-19-10;/h1-7H,(H,14,18);/q;+1/p-1. The van der Waals surface area contributed by atoms with E-state index in [0.29, 0.717) is 11.0 Å². The first-order chi connectivity index (χ1) is 9.33. The second-order valence-corrected chi connectivity index (χ2v) is 5.37. The molecule has 4 nitrogen and oxygen atoms in total. The van der Waals surface area contributed by atoms with Crippen LogP contribution < -0.4 is 51.4 Å². The largest absolute Gasteiger partial charge is 1.00 e. The van der Waals surface area contributed by atoms with Crippen LogP contribution in [0.2, 0.25) is 0 Å². The third-order valence-corrected chi connectivity index (χ3v) is 4.02. The third-order valence-electron chi connectivity index (χ3n) is 2.89. The molecule has 92 valence electrons. The summed E-state index contributed by atoms with van der Waals surface area (Å²) in [4.78, 5) is 10.0. The van der Waals surface area contributed by atoms with E-state index < -0.39 is 0 Å². The summed E-state index contributed by atoms with van der Waals surface area (Å²) >= 11 is 6.89. The van der Waals surface area contributed by atoms with Gasteiger partial charge in [-0.15, -0.1) is 16.4 Å². The average Bonchev–Trinajstić information content (AvgIpc) is 3.08.